The molecule has 1 N–H and O–H groups in total. The molecule has 0 unspecified atom stereocenters. The zero-order valence-corrected chi connectivity index (χ0v) is 13.4. The van der Waals surface area contributed by atoms with Gasteiger partial charge in [-0.3, -0.25) is 0 Å². The monoisotopic (exact) mass is 530 g/mol. The Hall–Kier alpha value is -1.90. The van der Waals surface area contributed by atoms with Crippen LogP contribution in [0.4, 0.5) is 83.4 Å². The Morgan fingerprint density at radius 2 is 0.719 bits per heavy atom. The number of hydrogen-bond acceptors (Lipinski definition) is 2. The van der Waals surface area contributed by atoms with Gasteiger partial charge in [0.05, 0.1) is 0 Å². The third-order valence-corrected chi connectivity index (χ3v) is 3.20. The first-order valence-electron chi connectivity index (χ1n) is 6.43. The molecule has 192 valence electrons. The topological polar surface area (TPSA) is 46.5 Å². The van der Waals surface area contributed by atoms with Crippen LogP contribution in [0.5, 0.6) is 0 Å². The molecule has 0 aromatic rings. The van der Waals surface area contributed by atoms with Crippen molar-refractivity contribution in [1.82, 2.24) is 0 Å². The predicted octanol–water partition coefficient (Wildman–Crippen LogP) is 5.65. The zero-order valence-electron chi connectivity index (χ0n) is 13.4. The Morgan fingerprint density at radius 3 is 0.969 bits per heavy atom. The first-order chi connectivity index (χ1) is 13.4. The molecular formula is C10HF19O3. The molecule has 0 aromatic carbocycles. The van der Waals surface area contributed by atoms with E-state index < -0.39 is 59.9 Å². The highest BCUT2D eigenvalue weighted by Crippen LogP contribution is 2.64. The molecule has 0 saturated carbocycles. The van der Waals surface area contributed by atoms with Crippen molar-refractivity contribution in [3.8, 4) is 0 Å². The van der Waals surface area contributed by atoms with Gasteiger partial charge in [-0.2, -0.15) is 83.4 Å². The average molecular weight is 530 g/mol. The minimum absolute atomic E-state index is 1.36. The summed E-state index contributed by atoms with van der Waals surface area (Å²) in [6, 6.07) is 0. The van der Waals surface area contributed by atoms with E-state index in [4.69, 9.17) is 5.11 Å². The molecule has 0 aromatic heterocycles. The van der Waals surface area contributed by atoms with E-state index in [2.05, 4.69) is 0 Å². The largest absolute Gasteiger partial charge is 0.475 e. The molecule has 0 radical (unpaired) electrons. The highest BCUT2D eigenvalue weighted by atomic mass is 19.4. The fourth-order valence-corrected chi connectivity index (χ4v) is 1.42. The molecule has 0 atom stereocenters. The van der Waals surface area contributed by atoms with Crippen LogP contribution in [0.15, 0.2) is 0 Å². The molecule has 0 heterocycles. The van der Waals surface area contributed by atoms with Gasteiger partial charge in [-0.1, -0.05) is 0 Å². The van der Waals surface area contributed by atoms with Gasteiger partial charge < -0.3 is 5.11 Å². The molecule has 32 heavy (non-hydrogen) atoms. The summed E-state index contributed by atoms with van der Waals surface area (Å²) >= 11 is 0. The molecule has 0 aliphatic heterocycles. The maximum atomic E-state index is 13.2. The number of ether oxygens (including phenoxy) is 1. The van der Waals surface area contributed by atoms with Crippen molar-refractivity contribution in [3.05, 3.63) is 0 Å². The van der Waals surface area contributed by atoms with E-state index in [9.17, 15) is 88.2 Å². The predicted molar refractivity (Wildman–Crippen MR) is 54.4 cm³/mol. The van der Waals surface area contributed by atoms with Crippen molar-refractivity contribution >= 4 is 5.97 Å². The summed E-state index contributed by atoms with van der Waals surface area (Å²) in [5.41, 5.74) is 0. The van der Waals surface area contributed by atoms with E-state index in [1.807, 2.05) is 0 Å². The Bertz CT molecular complexity index is 719. The Balaban J connectivity index is 6.75. The Labute approximate surface area is 159 Å². The van der Waals surface area contributed by atoms with Crippen LogP contribution >= 0.6 is 0 Å². The van der Waals surface area contributed by atoms with Crippen molar-refractivity contribution < 1.29 is 98.1 Å². The summed E-state index contributed by atoms with van der Waals surface area (Å²) in [5, 5.41) is 7.64. The smallest absolute Gasteiger partial charge is 0.460 e. The summed E-state index contributed by atoms with van der Waals surface area (Å²) in [7, 11) is 0. The van der Waals surface area contributed by atoms with Crippen LogP contribution in [-0.4, -0.2) is 65.0 Å². The first-order valence-corrected chi connectivity index (χ1v) is 6.43. The molecule has 0 saturated heterocycles. The maximum Gasteiger partial charge on any atom is 0.460 e. The SMILES string of the molecule is O=C(O)C(F)(F)OC(F)(F)C(F)(F)C(F)(F)C(F)(F)C(F)(F)C(F)(F)C(F)(F)C(F)(F)F. The summed E-state index contributed by atoms with van der Waals surface area (Å²) in [6.45, 7) is 0. The lowest BCUT2D eigenvalue weighted by Gasteiger charge is -2.42. The highest BCUT2D eigenvalue weighted by molar-refractivity contribution is 5.73. The second kappa shape index (κ2) is 7.30. The zero-order chi connectivity index (χ0) is 26.8. The number of hydrogen-bond donors (Lipinski definition) is 1. The van der Waals surface area contributed by atoms with Crippen LogP contribution in [0.1, 0.15) is 0 Å². The van der Waals surface area contributed by atoms with E-state index in [0.29, 0.717) is 0 Å². The summed E-state index contributed by atoms with van der Waals surface area (Å²) in [6.07, 6.45) is -22.6. The Morgan fingerprint density at radius 1 is 0.469 bits per heavy atom. The van der Waals surface area contributed by atoms with Crippen LogP contribution < -0.4 is 0 Å². The third-order valence-electron chi connectivity index (χ3n) is 3.20. The normalized spacial score (nSPS) is 16.3. The molecule has 0 rings (SSSR count). The molecular weight excluding hydrogens is 529 g/mol. The summed E-state index contributed by atoms with van der Waals surface area (Å²) in [5.74, 6) is -56.5. The quantitative estimate of drug-likeness (QED) is 0.393. The van der Waals surface area contributed by atoms with Crippen LogP contribution in [0.2, 0.25) is 0 Å². The van der Waals surface area contributed by atoms with Gasteiger partial charge in [-0.05, 0) is 0 Å². The van der Waals surface area contributed by atoms with Crippen LogP contribution in [0.25, 0.3) is 0 Å². The second-order valence-corrected chi connectivity index (χ2v) is 5.38. The Kier molecular flexibility index (Phi) is 6.87. The van der Waals surface area contributed by atoms with Gasteiger partial charge in [-0.25, -0.2) is 9.53 Å². The van der Waals surface area contributed by atoms with Crippen LogP contribution in [-0.2, 0) is 9.53 Å². The molecule has 0 bridgehead atoms. The van der Waals surface area contributed by atoms with Gasteiger partial charge in [0.25, 0.3) is 0 Å². The van der Waals surface area contributed by atoms with Crippen molar-refractivity contribution in [3.63, 3.8) is 0 Å². The number of carboxylic acid groups (broad SMARTS) is 1. The third kappa shape index (κ3) is 3.86. The molecule has 0 aliphatic carbocycles. The molecule has 0 amide bonds. The van der Waals surface area contributed by atoms with E-state index in [1.54, 1.807) is 0 Å². The van der Waals surface area contributed by atoms with E-state index >= 15 is 0 Å². The molecule has 0 spiro atoms. The highest BCUT2D eigenvalue weighted by Gasteiger charge is 2.95. The van der Waals surface area contributed by atoms with Gasteiger partial charge in [-0.15, -0.1) is 0 Å². The van der Waals surface area contributed by atoms with E-state index in [0.717, 1.165) is 0 Å². The number of rotatable bonds is 9. The van der Waals surface area contributed by atoms with Gasteiger partial charge in [0.15, 0.2) is 0 Å². The van der Waals surface area contributed by atoms with Gasteiger partial charge >= 0.3 is 59.9 Å². The first kappa shape index (κ1) is 30.1. The lowest BCUT2D eigenvalue weighted by Crippen LogP contribution is -2.74. The van der Waals surface area contributed by atoms with E-state index in [1.165, 1.54) is 4.74 Å². The number of carbonyl (C=O) groups is 1. The van der Waals surface area contributed by atoms with Crippen molar-refractivity contribution in [2.75, 3.05) is 0 Å². The van der Waals surface area contributed by atoms with Crippen molar-refractivity contribution in [2.24, 2.45) is 0 Å². The van der Waals surface area contributed by atoms with Crippen LogP contribution in [0, 0.1) is 0 Å². The average Bonchev–Trinajstić information content (AvgIpc) is 2.51. The number of carboxylic acids is 1. The van der Waals surface area contributed by atoms with Gasteiger partial charge in [0.1, 0.15) is 0 Å². The number of halogens is 19. The molecule has 0 aliphatic rings. The summed E-state index contributed by atoms with van der Waals surface area (Å²) in [4.78, 5) is 9.77. The fraction of sp³-hybridized carbons (Fsp3) is 0.900. The maximum absolute atomic E-state index is 13.2. The minimum Gasteiger partial charge on any atom is -0.475 e. The fourth-order valence-electron chi connectivity index (χ4n) is 1.42. The lowest BCUT2D eigenvalue weighted by atomic mass is 9.90. The van der Waals surface area contributed by atoms with E-state index in [-0.39, 0.29) is 0 Å². The molecule has 0 fully saturated rings. The minimum atomic E-state index is -8.99. The summed E-state index contributed by atoms with van der Waals surface area (Å²) < 4.78 is 243. The number of alkyl halides is 19. The molecule has 22 heteroatoms. The lowest BCUT2D eigenvalue weighted by molar-refractivity contribution is -0.493. The molecule has 3 nitrogen and oxygen atoms in total. The standard InChI is InChI=1S/C10HF19O3/c11-2(12,1(30)31)32-10(28,29)8(23,24)6(19,20)4(15,16)3(13,14)5(17,18)7(21,22)9(25,26)27/h(H,30,31). The second-order valence-electron chi connectivity index (χ2n) is 5.38. The number of aliphatic carboxylic acids is 1. The van der Waals surface area contributed by atoms with Gasteiger partial charge in [0, 0.05) is 0 Å². The van der Waals surface area contributed by atoms with Crippen LogP contribution in [0.3, 0.4) is 0 Å². The van der Waals surface area contributed by atoms with Crippen molar-refractivity contribution in [2.45, 2.75) is 53.9 Å². The van der Waals surface area contributed by atoms with Crippen molar-refractivity contribution in [1.29, 1.82) is 0 Å². The van der Waals surface area contributed by atoms with Gasteiger partial charge in [0.2, 0.25) is 0 Å².